The smallest absolute Gasteiger partial charge is 0.385 e. The number of rotatable bonds is 7. The topological polar surface area (TPSA) is 21.3 Å². The molecule has 2 unspecified atom stereocenters. The Kier molecular flexibility index (Phi) is 6.49. The summed E-state index contributed by atoms with van der Waals surface area (Å²) in [6, 6.07) is 5.67. The summed E-state index contributed by atoms with van der Waals surface area (Å²) in [7, 11) is 3.48. The lowest BCUT2D eigenvalue weighted by Gasteiger charge is -2.24. The van der Waals surface area contributed by atoms with Gasteiger partial charge in [0.25, 0.3) is 0 Å². The molecule has 0 saturated carbocycles. The Labute approximate surface area is 118 Å². The van der Waals surface area contributed by atoms with Crippen LogP contribution >= 0.6 is 0 Å². The second kappa shape index (κ2) is 7.64. The number of methoxy groups -OCH3 is 1. The van der Waals surface area contributed by atoms with Crippen LogP contribution in [-0.4, -0.2) is 26.8 Å². The number of nitrogens with one attached hydrogen (secondary N) is 1. The van der Waals surface area contributed by atoms with Crippen LogP contribution in [0.25, 0.3) is 0 Å². The summed E-state index contributed by atoms with van der Waals surface area (Å²) in [6.45, 7) is 2.73. The predicted octanol–water partition coefficient (Wildman–Crippen LogP) is 3.51. The SMILES string of the molecule is CNC(Cc1cccc(C(F)(F)F)c1)C(C)CCOC. The summed E-state index contributed by atoms with van der Waals surface area (Å²) < 4.78 is 43.1. The van der Waals surface area contributed by atoms with Crippen molar-refractivity contribution < 1.29 is 17.9 Å². The highest BCUT2D eigenvalue weighted by Gasteiger charge is 2.30. The maximum Gasteiger partial charge on any atom is 0.416 e. The fraction of sp³-hybridized carbons (Fsp3) is 0.600. The maximum absolute atomic E-state index is 12.7. The van der Waals surface area contributed by atoms with Crippen molar-refractivity contribution in [2.45, 2.75) is 32.0 Å². The van der Waals surface area contributed by atoms with Gasteiger partial charge in [0.1, 0.15) is 0 Å². The van der Waals surface area contributed by atoms with Gasteiger partial charge >= 0.3 is 6.18 Å². The van der Waals surface area contributed by atoms with Gasteiger partial charge in [-0.3, -0.25) is 0 Å². The van der Waals surface area contributed by atoms with Gasteiger partial charge in [-0.25, -0.2) is 0 Å². The van der Waals surface area contributed by atoms with E-state index in [-0.39, 0.29) is 6.04 Å². The average molecular weight is 289 g/mol. The first-order valence-corrected chi connectivity index (χ1v) is 6.70. The fourth-order valence-electron chi connectivity index (χ4n) is 2.22. The Hall–Kier alpha value is -1.07. The van der Waals surface area contributed by atoms with Crippen LogP contribution in [0, 0.1) is 5.92 Å². The Morgan fingerprint density at radius 3 is 2.55 bits per heavy atom. The molecule has 2 atom stereocenters. The maximum atomic E-state index is 12.7. The number of hydrogen-bond acceptors (Lipinski definition) is 2. The van der Waals surface area contributed by atoms with Gasteiger partial charge in [-0.15, -0.1) is 0 Å². The molecule has 2 nitrogen and oxygen atoms in total. The molecule has 0 saturated heterocycles. The van der Waals surface area contributed by atoms with Gasteiger partial charge in [0, 0.05) is 19.8 Å². The van der Waals surface area contributed by atoms with Gasteiger partial charge in [-0.2, -0.15) is 13.2 Å². The first-order valence-electron chi connectivity index (χ1n) is 6.70. The third-order valence-electron chi connectivity index (χ3n) is 3.54. The molecule has 114 valence electrons. The van der Waals surface area contributed by atoms with Crippen LogP contribution in [0.4, 0.5) is 13.2 Å². The van der Waals surface area contributed by atoms with Crippen LogP contribution in [0.5, 0.6) is 0 Å². The van der Waals surface area contributed by atoms with Crippen molar-refractivity contribution in [3.8, 4) is 0 Å². The fourth-order valence-corrected chi connectivity index (χ4v) is 2.22. The summed E-state index contributed by atoms with van der Waals surface area (Å²) in [6.07, 6.45) is -2.83. The van der Waals surface area contributed by atoms with Crippen molar-refractivity contribution in [3.05, 3.63) is 35.4 Å². The second-order valence-electron chi connectivity index (χ2n) is 5.06. The van der Waals surface area contributed by atoms with Crippen LogP contribution in [-0.2, 0) is 17.3 Å². The first kappa shape index (κ1) is 17.0. The van der Waals surface area contributed by atoms with E-state index in [1.165, 1.54) is 12.1 Å². The number of halogens is 3. The zero-order valence-electron chi connectivity index (χ0n) is 12.1. The zero-order chi connectivity index (χ0) is 15.2. The van der Waals surface area contributed by atoms with E-state index in [2.05, 4.69) is 12.2 Å². The third kappa shape index (κ3) is 5.13. The van der Waals surface area contributed by atoms with Crippen molar-refractivity contribution in [1.29, 1.82) is 0 Å². The van der Waals surface area contributed by atoms with Crippen molar-refractivity contribution in [3.63, 3.8) is 0 Å². The molecule has 0 aliphatic rings. The number of alkyl halides is 3. The molecule has 0 bridgehead atoms. The highest BCUT2D eigenvalue weighted by atomic mass is 19.4. The Bertz CT molecular complexity index is 406. The molecule has 5 heteroatoms. The van der Waals surface area contributed by atoms with Crippen molar-refractivity contribution in [2.24, 2.45) is 5.92 Å². The molecule has 20 heavy (non-hydrogen) atoms. The zero-order valence-corrected chi connectivity index (χ0v) is 12.1. The number of ether oxygens (including phenoxy) is 1. The van der Waals surface area contributed by atoms with E-state index in [1.54, 1.807) is 13.2 Å². The lowest BCUT2D eigenvalue weighted by atomic mass is 9.92. The summed E-state index contributed by atoms with van der Waals surface area (Å²) in [4.78, 5) is 0. The van der Waals surface area contributed by atoms with E-state index in [4.69, 9.17) is 4.74 Å². The van der Waals surface area contributed by atoms with E-state index in [0.717, 1.165) is 12.5 Å². The molecule has 1 rings (SSSR count). The number of hydrogen-bond donors (Lipinski definition) is 1. The van der Waals surface area contributed by atoms with Crippen LogP contribution < -0.4 is 5.32 Å². The molecule has 1 aromatic rings. The molecule has 0 aliphatic carbocycles. The van der Waals surface area contributed by atoms with E-state index < -0.39 is 11.7 Å². The van der Waals surface area contributed by atoms with E-state index in [0.29, 0.717) is 24.5 Å². The molecule has 0 aromatic heterocycles. The first-order chi connectivity index (χ1) is 9.38. The van der Waals surface area contributed by atoms with Crippen LogP contribution in [0.15, 0.2) is 24.3 Å². The van der Waals surface area contributed by atoms with Crippen LogP contribution in [0.3, 0.4) is 0 Å². The Balaban J connectivity index is 2.75. The second-order valence-corrected chi connectivity index (χ2v) is 5.06. The van der Waals surface area contributed by atoms with Crippen molar-refractivity contribution in [1.82, 2.24) is 5.32 Å². The minimum Gasteiger partial charge on any atom is -0.385 e. The molecule has 0 heterocycles. The Morgan fingerprint density at radius 1 is 1.30 bits per heavy atom. The number of likely N-dealkylation sites (N-methyl/N-ethyl adjacent to an activating group) is 1. The molecule has 0 radical (unpaired) electrons. The van der Waals surface area contributed by atoms with Crippen LogP contribution in [0.2, 0.25) is 0 Å². The van der Waals surface area contributed by atoms with Gasteiger partial charge in [-0.05, 0) is 37.4 Å². The minimum atomic E-state index is -4.28. The van der Waals surface area contributed by atoms with Crippen LogP contribution in [0.1, 0.15) is 24.5 Å². The molecule has 0 aliphatic heterocycles. The lowest BCUT2D eigenvalue weighted by molar-refractivity contribution is -0.137. The van der Waals surface area contributed by atoms with Gasteiger partial charge in [0.15, 0.2) is 0 Å². The third-order valence-corrected chi connectivity index (χ3v) is 3.54. The summed E-state index contributed by atoms with van der Waals surface area (Å²) in [5, 5.41) is 3.18. The molecular formula is C15H22F3NO. The molecule has 0 fully saturated rings. The van der Waals surface area contributed by atoms with Gasteiger partial charge in [0.05, 0.1) is 5.56 Å². The molecule has 0 amide bonds. The van der Waals surface area contributed by atoms with E-state index in [9.17, 15) is 13.2 Å². The lowest BCUT2D eigenvalue weighted by Crippen LogP contribution is -2.34. The summed E-state index contributed by atoms with van der Waals surface area (Å²) in [5.74, 6) is 0.328. The molecule has 1 aromatic carbocycles. The normalized spacial score (nSPS) is 15.1. The summed E-state index contributed by atoms with van der Waals surface area (Å²) in [5.41, 5.74) is 0.109. The Morgan fingerprint density at radius 2 is 2.00 bits per heavy atom. The standard InChI is InChI=1S/C15H22F3NO/c1-11(7-8-20-3)14(19-2)10-12-5-4-6-13(9-12)15(16,17)18/h4-6,9,11,14,19H,7-8,10H2,1-3H3. The number of benzene rings is 1. The quantitative estimate of drug-likeness (QED) is 0.829. The van der Waals surface area contributed by atoms with Crippen molar-refractivity contribution >= 4 is 0 Å². The molecule has 0 spiro atoms. The van der Waals surface area contributed by atoms with Crippen molar-refractivity contribution in [2.75, 3.05) is 20.8 Å². The average Bonchev–Trinajstić information content (AvgIpc) is 2.41. The van der Waals surface area contributed by atoms with Gasteiger partial charge in [-0.1, -0.05) is 25.1 Å². The highest BCUT2D eigenvalue weighted by molar-refractivity contribution is 5.26. The predicted molar refractivity (Wildman–Crippen MR) is 73.7 cm³/mol. The van der Waals surface area contributed by atoms with E-state index >= 15 is 0 Å². The molecule has 1 N–H and O–H groups in total. The minimum absolute atomic E-state index is 0.133. The summed E-state index contributed by atoms with van der Waals surface area (Å²) >= 11 is 0. The van der Waals surface area contributed by atoms with E-state index in [1.807, 2.05) is 7.05 Å². The monoisotopic (exact) mass is 289 g/mol. The van der Waals surface area contributed by atoms with Gasteiger partial charge < -0.3 is 10.1 Å². The highest BCUT2D eigenvalue weighted by Crippen LogP contribution is 2.30. The molecular weight excluding hydrogens is 267 g/mol. The van der Waals surface area contributed by atoms with Gasteiger partial charge in [0.2, 0.25) is 0 Å². The largest absolute Gasteiger partial charge is 0.416 e.